The predicted molar refractivity (Wildman–Crippen MR) is 82.1 cm³/mol. The summed E-state index contributed by atoms with van der Waals surface area (Å²) in [6.07, 6.45) is 0.609. The van der Waals surface area contributed by atoms with Gasteiger partial charge in [-0.15, -0.1) is 0 Å². The van der Waals surface area contributed by atoms with Crippen LogP contribution >= 0.6 is 0 Å². The van der Waals surface area contributed by atoms with E-state index in [-0.39, 0.29) is 6.10 Å². The highest BCUT2D eigenvalue weighted by atomic mass is 16.5. The molecule has 0 spiro atoms. The lowest BCUT2D eigenvalue weighted by atomic mass is 9.80. The fourth-order valence-electron chi connectivity index (χ4n) is 3.39. The molecule has 1 fully saturated rings. The summed E-state index contributed by atoms with van der Waals surface area (Å²) in [6.45, 7) is 9.36. The topological polar surface area (TPSA) is 30.5 Å². The van der Waals surface area contributed by atoms with E-state index < -0.39 is 0 Å². The zero-order valence-electron chi connectivity index (χ0n) is 13.2. The molecule has 0 radical (unpaired) electrons. The Morgan fingerprint density at radius 1 is 1.15 bits per heavy atom. The van der Waals surface area contributed by atoms with Gasteiger partial charge in [0.1, 0.15) is 5.75 Å². The van der Waals surface area contributed by atoms with Gasteiger partial charge in [-0.25, -0.2) is 0 Å². The molecule has 0 saturated carbocycles. The lowest BCUT2D eigenvalue weighted by Gasteiger charge is -2.29. The van der Waals surface area contributed by atoms with Gasteiger partial charge < -0.3 is 14.8 Å². The molecule has 3 heteroatoms. The van der Waals surface area contributed by atoms with Crippen LogP contribution in [0.15, 0.2) is 24.3 Å². The fourth-order valence-corrected chi connectivity index (χ4v) is 3.39. The largest absolute Gasteiger partial charge is 0.494 e. The van der Waals surface area contributed by atoms with Crippen LogP contribution in [-0.4, -0.2) is 25.9 Å². The summed E-state index contributed by atoms with van der Waals surface area (Å²) in [5.74, 6) is 1.98. The second kappa shape index (κ2) is 6.59. The minimum atomic E-state index is 0.281. The van der Waals surface area contributed by atoms with Crippen molar-refractivity contribution >= 4 is 0 Å². The Morgan fingerprint density at radius 2 is 1.80 bits per heavy atom. The average molecular weight is 277 g/mol. The number of benzene rings is 1. The maximum atomic E-state index is 5.99. The molecular weight excluding hydrogens is 250 g/mol. The summed E-state index contributed by atoms with van der Waals surface area (Å²) in [5, 5.41) is 3.47. The van der Waals surface area contributed by atoms with Gasteiger partial charge in [-0.3, -0.25) is 0 Å². The van der Waals surface area contributed by atoms with E-state index in [4.69, 9.17) is 9.47 Å². The molecule has 112 valence electrons. The summed E-state index contributed by atoms with van der Waals surface area (Å²) in [6, 6.07) is 8.75. The minimum Gasteiger partial charge on any atom is -0.494 e. The first-order valence-corrected chi connectivity index (χ1v) is 7.64. The van der Waals surface area contributed by atoms with E-state index in [1.165, 1.54) is 5.56 Å². The molecule has 1 aliphatic rings. The van der Waals surface area contributed by atoms with Crippen LogP contribution in [0.25, 0.3) is 0 Å². The van der Waals surface area contributed by atoms with Gasteiger partial charge in [0.15, 0.2) is 0 Å². The highest BCUT2D eigenvalue weighted by molar-refractivity contribution is 5.30. The quantitative estimate of drug-likeness (QED) is 0.894. The Bertz CT molecular complexity index is 418. The SMILES string of the molecule is CCOc1ccc(C(NC)C2C(C)OC(C)C2C)cc1. The van der Waals surface area contributed by atoms with Gasteiger partial charge in [-0.1, -0.05) is 19.1 Å². The van der Waals surface area contributed by atoms with Crippen molar-refractivity contribution in [1.29, 1.82) is 0 Å². The predicted octanol–water partition coefficient (Wildman–Crippen LogP) is 3.41. The fraction of sp³-hybridized carbons (Fsp3) is 0.647. The zero-order valence-corrected chi connectivity index (χ0v) is 13.2. The first-order valence-electron chi connectivity index (χ1n) is 7.64. The lowest BCUT2D eigenvalue weighted by Crippen LogP contribution is -2.33. The monoisotopic (exact) mass is 277 g/mol. The molecule has 20 heavy (non-hydrogen) atoms. The lowest BCUT2D eigenvalue weighted by molar-refractivity contribution is 0.0478. The number of rotatable bonds is 5. The average Bonchev–Trinajstić information content (AvgIpc) is 2.68. The normalized spacial score (nSPS) is 31.2. The second-order valence-corrected chi connectivity index (χ2v) is 5.75. The first kappa shape index (κ1) is 15.3. The van der Waals surface area contributed by atoms with Crippen molar-refractivity contribution in [3.63, 3.8) is 0 Å². The smallest absolute Gasteiger partial charge is 0.119 e. The molecule has 1 aromatic carbocycles. The van der Waals surface area contributed by atoms with Crippen molar-refractivity contribution in [2.24, 2.45) is 11.8 Å². The first-order chi connectivity index (χ1) is 9.58. The summed E-state index contributed by atoms with van der Waals surface area (Å²) >= 11 is 0. The van der Waals surface area contributed by atoms with Crippen LogP contribution in [0, 0.1) is 11.8 Å². The molecule has 1 aliphatic heterocycles. The summed E-state index contributed by atoms with van der Waals surface area (Å²) in [7, 11) is 2.03. The van der Waals surface area contributed by atoms with Crippen LogP contribution in [-0.2, 0) is 4.74 Å². The number of ether oxygens (including phenoxy) is 2. The third kappa shape index (κ3) is 2.99. The number of nitrogens with one attached hydrogen (secondary N) is 1. The molecule has 1 heterocycles. The minimum absolute atomic E-state index is 0.281. The standard InChI is InChI=1S/C17H27NO2/c1-6-19-15-9-7-14(8-10-15)17(18-5)16-11(2)12(3)20-13(16)4/h7-13,16-18H,6H2,1-5H3. The molecule has 0 bridgehead atoms. The van der Waals surface area contributed by atoms with E-state index in [9.17, 15) is 0 Å². The molecule has 1 saturated heterocycles. The van der Waals surface area contributed by atoms with Crippen LogP contribution < -0.4 is 10.1 Å². The van der Waals surface area contributed by atoms with Gasteiger partial charge >= 0.3 is 0 Å². The van der Waals surface area contributed by atoms with Crippen LogP contribution in [0.2, 0.25) is 0 Å². The molecule has 1 N–H and O–H groups in total. The molecular formula is C17H27NO2. The van der Waals surface area contributed by atoms with E-state index in [0.29, 0.717) is 30.6 Å². The Kier molecular flexibility index (Phi) is 5.06. The molecule has 1 aromatic rings. The van der Waals surface area contributed by atoms with Gasteiger partial charge in [0, 0.05) is 12.0 Å². The number of hydrogen-bond donors (Lipinski definition) is 1. The van der Waals surface area contributed by atoms with Gasteiger partial charge in [-0.05, 0) is 51.4 Å². The molecule has 2 rings (SSSR count). The van der Waals surface area contributed by atoms with Crippen LogP contribution in [0.3, 0.4) is 0 Å². The molecule has 0 aliphatic carbocycles. The second-order valence-electron chi connectivity index (χ2n) is 5.75. The van der Waals surface area contributed by atoms with E-state index >= 15 is 0 Å². The molecule has 0 aromatic heterocycles. The molecule has 5 unspecified atom stereocenters. The van der Waals surface area contributed by atoms with E-state index in [2.05, 4.69) is 50.4 Å². The van der Waals surface area contributed by atoms with Crippen molar-refractivity contribution in [2.45, 2.75) is 45.9 Å². The Balaban J connectivity index is 2.19. The van der Waals surface area contributed by atoms with Crippen molar-refractivity contribution in [2.75, 3.05) is 13.7 Å². The van der Waals surface area contributed by atoms with Crippen molar-refractivity contribution < 1.29 is 9.47 Å². The molecule has 0 amide bonds. The van der Waals surface area contributed by atoms with Crippen molar-refractivity contribution in [3.05, 3.63) is 29.8 Å². The zero-order chi connectivity index (χ0) is 14.7. The van der Waals surface area contributed by atoms with E-state index in [0.717, 1.165) is 5.75 Å². The Morgan fingerprint density at radius 3 is 2.25 bits per heavy atom. The third-order valence-electron chi connectivity index (χ3n) is 4.57. The van der Waals surface area contributed by atoms with Crippen LogP contribution in [0.4, 0.5) is 0 Å². The van der Waals surface area contributed by atoms with Crippen molar-refractivity contribution in [1.82, 2.24) is 5.32 Å². The third-order valence-corrected chi connectivity index (χ3v) is 4.57. The molecule has 3 nitrogen and oxygen atoms in total. The Labute approximate surface area is 122 Å². The maximum absolute atomic E-state index is 5.99. The van der Waals surface area contributed by atoms with E-state index in [1.807, 2.05) is 14.0 Å². The number of hydrogen-bond acceptors (Lipinski definition) is 3. The summed E-state index contributed by atoms with van der Waals surface area (Å²) < 4.78 is 11.5. The van der Waals surface area contributed by atoms with Crippen LogP contribution in [0.5, 0.6) is 5.75 Å². The van der Waals surface area contributed by atoms with Gasteiger partial charge in [0.05, 0.1) is 18.8 Å². The summed E-state index contributed by atoms with van der Waals surface area (Å²) in [5.41, 5.74) is 1.30. The maximum Gasteiger partial charge on any atom is 0.119 e. The Hall–Kier alpha value is -1.06. The van der Waals surface area contributed by atoms with Gasteiger partial charge in [-0.2, -0.15) is 0 Å². The molecule has 5 atom stereocenters. The van der Waals surface area contributed by atoms with E-state index in [1.54, 1.807) is 0 Å². The summed E-state index contributed by atoms with van der Waals surface area (Å²) in [4.78, 5) is 0. The van der Waals surface area contributed by atoms with Crippen LogP contribution in [0.1, 0.15) is 39.3 Å². The highest BCUT2D eigenvalue weighted by Gasteiger charge is 2.41. The van der Waals surface area contributed by atoms with Gasteiger partial charge in [0.25, 0.3) is 0 Å². The highest BCUT2D eigenvalue weighted by Crippen LogP contribution is 2.40. The van der Waals surface area contributed by atoms with Crippen molar-refractivity contribution in [3.8, 4) is 5.75 Å². The van der Waals surface area contributed by atoms with Gasteiger partial charge in [0.2, 0.25) is 0 Å².